The number of ether oxygens (including phenoxy) is 1. The van der Waals surface area contributed by atoms with Crippen molar-refractivity contribution in [1.82, 2.24) is 4.68 Å². The van der Waals surface area contributed by atoms with Crippen LogP contribution in [-0.2, 0) is 4.79 Å². The molecule has 29 heavy (non-hydrogen) atoms. The molecular formula is C21H19BrN4O2S. The lowest BCUT2D eigenvalue weighted by molar-refractivity contribution is -0.118. The van der Waals surface area contributed by atoms with E-state index in [0.29, 0.717) is 18.0 Å². The van der Waals surface area contributed by atoms with E-state index in [4.69, 9.17) is 9.84 Å². The van der Waals surface area contributed by atoms with Crippen LogP contribution in [-0.4, -0.2) is 29.4 Å². The Kier molecular flexibility index (Phi) is 5.64. The van der Waals surface area contributed by atoms with E-state index in [1.807, 2.05) is 66.4 Å². The zero-order valence-electron chi connectivity index (χ0n) is 16.0. The number of aromatic nitrogens is 1. The van der Waals surface area contributed by atoms with Crippen LogP contribution in [0, 0.1) is 0 Å². The Labute approximate surface area is 180 Å². The molecule has 1 aromatic heterocycles. The molecule has 1 aliphatic heterocycles. The number of carbonyl (C=O) groups is 1. The summed E-state index contributed by atoms with van der Waals surface area (Å²) in [5.74, 6) is 0.516. The van der Waals surface area contributed by atoms with Gasteiger partial charge in [-0.1, -0.05) is 28.1 Å². The molecule has 4 rings (SSSR count). The largest absolute Gasteiger partial charge is 0.482 e. The molecule has 3 aromatic rings. The standard InChI is InChI=1S/C21H19BrN4O2S/c1-3-23-21-26(25-13(2)14-4-7-16(22)8-5-14)18(12-29-21)15-6-9-19-17(10-15)24-20(27)11-28-19/h4-10,12H,3,11H2,1-2H3,(H,24,27). The fourth-order valence-corrected chi connectivity index (χ4v) is 4.14. The summed E-state index contributed by atoms with van der Waals surface area (Å²) in [5, 5.41) is 9.74. The third-order valence-corrected chi connectivity index (χ3v) is 5.78. The Balaban J connectivity index is 1.81. The van der Waals surface area contributed by atoms with Gasteiger partial charge < -0.3 is 10.1 Å². The topological polar surface area (TPSA) is 68.0 Å². The predicted molar refractivity (Wildman–Crippen MR) is 120 cm³/mol. The number of hydrogen-bond acceptors (Lipinski definition) is 5. The number of anilines is 1. The Hall–Kier alpha value is -2.71. The van der Waals surface area contributed by atoms with Crippen molar-refractivity contribution in [2.75, 3.05) is 18.5 Å². The quantitative estimate of drug-likeness (QED) is 0.570. The summed E-state index contributed by atoms with van der Waals surface area (Å²) in [5.41, 5.74) is 4.41. The lowest BCUT2D eigenvalue weighted by Gasteiger charge is -2.18. The fraction of sp³-hybridized carbons (Fsp3) is 0.190. The second kappa shape index (κ2) is 8.34. The number of hydrogen-bond donors (Lipinski definition) is 1. The van der Waals surface area contributed by atoms with Gasteiger partial charge in [-0.25, -0.2) is 4.68 Å². The molecule has 6 nitrogen and oxygen atoms in total. The van der Waals surface area contributed by atoms with E-state index in [-0.39, 0.29) is 12.5 Å². The lowest BCUT2D eigenvalue weighted by Crippen LogP contribution is -2.25. The molecule has 0 spiro atoms. The number of carbonyl (C=O) groups excluding carboxylic acids is 1. The molecule has 0 bridgehead atoms. The molecule has 0 atom stereocenters. The number of benzene rings is 2. The summed E-state index contributed by atoms with van der Waals surface area (Å²) < 4.78 is 8.35. The molecule has 1 N–H and O–H groups in total. The van der Waals surface area contributed by atoms with Crippen molar-refractivity contribution in [3.05, 3.63) is 62.7 Å². The van der Waals surface area contributed by atoms with E-state index >= 15 is 0 Å². The van der Waals surface area contributed by atoms with Crippen LogP contribution in [0.5, 0.6) is 5.75 Å². The number of thiazole rings is 1. The van der Waals surface area contributed by atoms with Crippen molar-refractivity contribution in [2.45, 2.75) is 13.8 Å². The molecule has 2 heterocycles. The van der Waals surface area contributed by atoms with E-state index in [1.54, 1.807) is 0 Å². The maximum absolute atomic E-state index is 11.7. The highest BCUT2D eigenvalue weighted by Crippen LogP contribution is 2.33. The average molecular weight is 471 g/mol. The molecule has 148 valence electrons. The second-order valence-electron chi connectivity index (χ2n) is 6.43. The van der Waals surface area contributed by atoms with Crippen molar-refractivity contribution in [2.24, 2.45) is 10.1 Å². The zero-order valence-corrected chi connectivity index (χ0v) is 18.4. The van der Waals surface area contributed by atoms with Gasteiger partial charge in [-0.3, -0.25) is 9.79 Å². The van der Waals surface area contributed by atoms with E-state index < -0.39 is 0 Å². The first-order valence-electron chi connectivity index (χ1n) is 9.15. The minimum Gasteiger partial charge on any atom is -0.482 e. The van der Waals surface area contributed by atoms with Crippen molar-refractivity contribution in [1.29, 1.82) is 0 Å². The third kappa shape index (κ3) is 4.18. The Morgan fingerprint density at radius 1 is 1.28 bits per heavy atom. The summed E-state index contributed by atoms with van der Waals surface area (Å²) in [7, 11) is 0. The van der Waals surface area contributed by atoms with E-state index in [2.05, 4.69) is 26.2 Å². The molecule has 0 radical (unpaired) electrons. The normalized spacial score (nSPS) is 14.4. The molecule has 2 aromatic carbocycles. The number of nitrogens with zero attached hydrogens (tertiary/aromatic N) is 3. The van der Waals surface area contributed by atoms with Crippen LogP contribution in [0.25, 0.3) is 11.3 Å². The molecule has 0 saturated heterocycles. The van der Waals surface area contributed by atoms with Gasteiger partial charge in [0.15, 0.2) is 6.61 Å². The lowest BCUT2D eigenvalue weighted by atomic mass is 10.1. The first kappa shape index (κ1) is 19.6. The van der Waals surface area contributed by atoms with Gasteiger partial charge in [0.25, 0.3) is 5.91 Å². The van der Waals surface area contributed by atoms with Gasteiger partial charge >= 0.3 is 0 Å². The first-order valence-corrected chi connectivity index (χ1v) is 10.8. The van der Waals surface area contributed by atoms with Gasteiger partial charge in [0.05, 0.1) is 17.1 Å². The number of rotatable bonds is 4. The van der Waals surface area contributed by atoms with Crippen molar-refractivity contribution in [3.8, 4) is 17.0 Å². The summed E-state index contributed by atoms with van der Waals surface area (Å²) in [6.45, 7) is 4.69. The number of nitrogens with one attached hydrogen (secondary N) is 1. The van der Waals surface area contributed by atoms with E-state index in [1.165, 1.54) is 11.3 Å². The monoisotopic (exact) mass is 470 g/mol. The smallest absolute Gasteiger partial charge is 0.262 e. The van der Waals surface area contributed by atoms with Crippen LogP contribution >= 0.6 is 27.3 Å². The van der Waals surface area contributed by atoms with Gasteiger partial charge in [0.1, 0.15) is 5.75 Å². The Bertz CT molecular complexity index is 1160. The molecule has 1 aliphatic rings. The number of amides is 1. The Morgan fingerprint density at radius 3 is 2.83 bits per heavy atom. The van der Waals surface area contributed by atoms with Gasteiger partial charge in [-0.2, -0.15) is 5.10 Å². The maximum atomic E-state index is 11.7. The molecule has 0 unspecified atom stereocenters. The van der Waals surface area contributed by atoms with Gasteiger partial charge in [-0.05, 0) is 49.7 Å². The van der Waals surface area contributed by atoms with Crippen LogP contribution in [0.1, 0.15) is 19.4 Å². The van der Waals surface area contributed by atoms with Crippen LogP contribution in [0.15, 0.2) is 62.4 Å². The summed E-state index contributed by atoms with van der Waals surface area (Å²) in [6.07, 6.45) is 0. The van der Waals surface area contributed by atoms with E-state index in [0.717, 1.165) is 31.8 Å². The first-order chi connectivity index (χ1) is 14.0. The predicted octanol–water partition coefficient (Wildman–Crippen LogP) is 4.50. The van der Waals surface area contributed by atoms with Gasteiger partial charge in [0, 0.05) is 22.0 Å². The fourth-order valence-electron chi connectivity index (χ4n) is 2.98. The van der Waals surface area contributed by atoms with Gasteiger partial charge in [-0.15, -0.1) is 11.3 Å². The van der Waals surface area contributed by atoms with Crippen molar-refractivity contribution < 1.29 is 9.53 Å². The van der Waals surface area contributed by atoms with Crippen LogP contribution in [0.4, 0.5) is 5.69 Å². The molecule has 8 heteroatoms. The average Bonchev–Trinajstić information content (AvgIpc) is 3.10. The zero-order chi connectivity index (χ0) is 20.4. The molecule has 0 fully saturated rings. The number of fused-ring (bicyclic) bond motifs is 1. The third-order valence-electron chi connectivity index (χ3n) is 4.40. The minimum atomic E-state index is -0.154. The van der Waals surface area contributed by atoms with Crippen molar-refractivity contribution >= 4 is 44.6 Å². The van der Waals surface area contributed by atoms with Crippen LogP contribution in [0.2, 0.25) is 0 Å². The molecule has 0 saturated carbocycles. The van der Waals surface area contributed by atoms with Crippen molar-refractivity contribution in [3.63, 3.8) is 0 Å². The van der Waals surface area contributed by atoms with E-state index in [9.17, 15) is 4.79 Å². The minimum absolute atomic E-state index is 0.0427. The highest BCUT2D eigenvalue weighted by atomic mass is 79.9. The molecule has 0 aliphatic carbocycles. The summed E-state index contributed by atoms with van der Waals surface area (Å²) in [4.78, 5) is 17.1. The summed E-state index contributed by atoms with van der Waals surface area (Å²) >= 11 is 5.00. The van der Waals surface area contributed by atoms with Crippen LogP contribution in [0.3, 0.4) is 0 Å². The Morgan fingerprint density at radius 2 is 2.07 bits per heavy atom. The van der Waals surface area contributed by atoms with Gasteiger partial charge in [0.2, 0.25) is 4.80 Å². The number of halogens is 1. The highest BCUT2D eigenvalue weighted by molar-refractivity contribution is 9.10. The summed E-state index contributed by atoms with van der Waals surface area (Å²) in [6, 6.07) is 13.8. The SMILES string of the molecule is CCN=c1scc(-c2ccc3c(c2)NC(=O)CO3)n1N=C(C)c1ccc(Br)cc1. The second-order valence-corrected chi connectivity index (χ2v) is 8.18. The molecular weight excluding hydrogens is 452 g/mol. The maximum Gasteiger partial charge on any atom is 0.262 e. The van der Waals surface area contributed by atoms with Crippen LogP contribution < -0.4 is 14.9 Å². The molecule has 1 amide bonds. The highest BCUT2D eigenvalue weighted by Gasteiger charge is 2.18.